The van der Waals surface area contributed by atoms with Crippen molar-refractivity contribution >= 4 is 5.82 Å². The lowest BCUT2D eigenvalue weighted by Crippen LogP contribution is -2.38. The first-order chi connectivity index (χ1) is 7.70. The highest BCUT2D eigenvalue weighted by atomic mass is 16.5. The van der Waals surface area contributed by atoms with Gasteiger partial charge < -0.3 is 10.1 Å². The predicted octanol–water partition coefficient (Wildman–Crippen LogP) is 2.24. The van der Waals surface area contributed by atoms with Crippen LogP contribution < -0.4 is 5.32 Å². The van der Waals surface area contributed by atoms with Crippen molar-refractivity contribution in [1.29, 1.82) is 0 Å². The number of rotatable bonds is 4. The van der Waals surface area contributed by atoms with Crippen LogP contribution in [0.25, 0.3) is 0 Å². The molecule has 0 aromatic carbocycles. The Labute approximate surface area is 96.4 Å². The highest BCUT2D eigenvalue weighted by Crippen LogP contribution is 2.42. The van der Waals surface area contributed by atoms with Crippen LogP contribution in [-0.2, 0) is 10.3 Å². The van der Waals surface area contributed by atoms with Gasteiger partial charge in [0.1, 0.15) is 11.4 Å². The first-order valence-electron chi connectivity index (χ1n) is 5.85. The number of nitrogens with zero attached hydrogens (tertiary/aromatic N) is 2. The van der Waals surface area contributed by atoms with Crippen molar-refractivity contribution in [3.63, 3.8) is 0 Å². The molecule has 1 aromatic heterocycles. The summed E-state index contributed by atoms with van der Waals surface area (Å²) in [5, 5.41) is 3.23. The van der Waals surface area contributed by atoms with E-state index >= 15 is 0 Å². The molecule has 88 valence electrons. The van der Waals surface area contributed by atoms with Crippen LogP contribution in [0.15, 0.2) is 6.07 Å². The Balaban J connectivity index is 2.32. The predicted molar refractivity (Wildman–Crippen MR) is 63.5 cm³/mol. The van der Waals surface area contributed by atoms with Crippen LogP contribution in [0.5, 0.6) is 0 Å². The summed E-state index contributed by atoms with van der Waals surface area (Å²) in [5.74, 6) is 1.73. The summed E-state index contributed by atoms with van der Waals surface area (Å²) in [4.78, 5) is 9.05. The minimum Gasteiger partial charge on any atom is -0.370 e. The van der Waals surface area contributed by atoms with Crippen LogP contribution in [0.1, 0.15) is 37.7 Å². The Morgan fingerprint density at radius 1 is 1.44 bits per heavy atom. The Morgan fingerprint density at radius 2 is 2.19 bits per heavy atom. The maximum atomic E-state index is 5.60. The van der Waals surface area contributed by atoms with E-state index in [2.05, 4.69) is 22.2 Å². The van der Waals surface area contributed by atoms with E-state index in [1.807, 2.05) is 13.0 Å². The molecule has 0 spiro atoms. The number of ether oxygens (including phenoxy) is 1. The molecule has 0 amide bonds. The minimum atomic E-state index is -0.226. The van der Waals surface area contributed by atoms with Gasteiger partial charge in [-0.3, -0.25) is 0 Å². The third-order valence-corrected chi connectivity index (χ3v) is 3.17. The van der Waals surface area contributed by atoms with Crippen molar-refractivity contribution in [1.82, 2.24) is 9.97 Å². The molecule has 1 heterocycles. The van der Waals surface area contributed by atoms with Crippen LogP contribution in [0, 0.1) is 6.92 Å². The molecule has 1 N–H and O–H groups in total. The number of aryl methyl sites for hydroxylation is 1. The normalized spacial score (nSPS) is 17.9. The van der Waals surface area contributed by atoms with Gasteiger partial charge in [0.2, 0.25) is 0 Å². The molecule has 0 aliphatic heterocycles. The third kappa shape index (κ3) is 1.89. The van der Waals surface area contributed by atoms with Crippen molar-refractivity contribution in [2.45, 2.75) is 38.7 Å². The molecule has 0 saturated heterocycles. The molecule has 2 rings (SSSR count). The van der Waals surface area contributed by atoms with Gasteiger partial charge in [0.15, 0.2) is 5.82 Å². The quantitative estimate of drug-likeness (QED) is 0.847. The van der Waals surface area contributed by atoms with Gasteiger partial charge in [-0.05, 0) is 33.1 Å². The van der Waals surface area contributed by atoms with Crippen LogP contribution >= 0.6 is 0 Å². The lowest BCUT2D eigenvalue weighted by Gasteiger charge is -2.39. The summed E-state index contributed by atoms with van der Waals surface area (Å²) in [5.41, 5.74) is 0.764. The second kappa shape index (κ2) is 4.37. The standard InChI is InChI=1S/C12H19N3O/c1-4-13-10-8-9(2)14-11(15-10)12(16-3)6-5-7-12/h8H,4-7H2,1-3H3,(H,13,14,15). The largest absolute Gasteiger partial charge is 0.370 e. The van der Waals surface area contributed by atoms with E-state index in [1.54, 1.807) is 7.11 Å². The van der Waals surface area contributed by atoms with E-state index < -0.39 is 0 Å². The SMILES string of the molecule is CCNc1cc(C)nc(C2(OC)CCC2)n1. The summed E-state index contributed by atoms with van der Waals surface area (Å²) in [6.45, 7) is 4.93. The summed E-state index contributed by atoms with van der Waals surface area (Å²) in [7, 11) is 1.75. The Bertz CT molecular complexity index is 369. The maximum Gasteiger partial charge on any atom is 0.162 e. The highest BCUT2D eigenvalue weighted by Gasteiger charge is 2.41. The number of hydrogen-bond donors (Lipinski definition) is 1. The van der Waals surface area contributed by atoms with Crippen LogP contribution in [-0.4, -0.2) is 23.6 Å². The lowest BCUT2D eigenvalue weighted by atomic mass is 9.79. The fourth-order valence-electron chi connectivity index (χ4n) is 2.06. The zero-order valence-electron chi connectivity index (χ0n) is 10.2. The zero-order chi connectivity index (χ0) is 11.6. The average molecular weight is 221 g/mol. The van der Waals surface area contributed by atoms with Crippen LogP contribution in [0.3, 0.4) is 0 Å². The van der Waals surface area contributed by atoms with Crippen molar-refractivity contribution < 1.29 is 4.74 Å². The van der Waals surface area contributed by atoms with Gasteiger partial charge in [-0.25, -0.2) is 9.97 Å². The average Bonchev–Trinajstić information content (AvgIpc) is 2.16. The molecule has 1 saturated carbocycles. The molecule has 1 aliphatic rings. The fraction of sp³-hybridized carbons (Fsp3) is 0.667. The molecule has 16 heavy (non-hydrogen) atoms. The van der Waals surface area contributed by atoms with Gasteiger partial charge in [-0.15, -0.1) is 0 Å². The summed E-state index contributed by atoms with van der Waals surface area (Å²) in [6.07, 6.45) is 3.25. The van der Waals surface area contributed by atoms with Gasteiger partial charge >= 0.3 is 0 Å². The number of aromatic nitrogens is 2. The number of nitrogens with one attached hydrogen (secondary N) is 1. The molecule has 0 atom stereocenters. The van der Waals surface area contributed by atoms with Gasteiger partial charge in [0.25, 0.3) is 0 Å². The third-order valence-electron chi connectivity index (χ3n) is 3.17. The van der Waals surface area contributed by atoms with Gasteiger partial charge in [-0.2, -0.15) is 0 Å². The maximum absolute atomic E-state index is 5.60. The monoisotopic (exact) mass is 221 g/mol. The Hall–Kier alpha value is -1.16. The van der Waals surface area contributed by atoms with E-state index in [1.165, 1.54) is 6.42 Å². The van der Waals surface area contributed by atoms with Crippen molar-refractivity contribution in [3.8, 4) is 0 Å². The van der Waals surface area contributed by atoms with E-state index in [0.29, 0.717) is 0 Å². The molecule has 0 unspecified atom stereocenters. The Morgan fingerprint density at radius 3 is 2.69 bits per heavy atom. The van der Waals surface area contributed by atoms with Crippen molar-refractivity contribution in [3.05, 3.63) is 17.6 Å². The summed E-state index contributed by atoms with van der Waals surface area (Å²) in [6, 6.07) is 1.97. The van der Waals surface area contributed by atoms with Crippen molar-refractivity contribution in [2.75, 3.05) is 19.0 Å². The molecule has 0 bridgehead atoms. The van der Waals surface area contributed by atoms with E-state index in [4.69, 9.17) is 4.74 Å². The molecule has 4 heteroatoms. The van der Waals surface area contributed by atoms with E-state index in [9.17, 15) is 0 Å². The summed E-state index contributed by atoms with van der Waals surface area (Å²) < 4.78 is 5.60. The molecule has 0 radical (unpaired) electrons. The zero-order valence-corrected chi connectivity index (χ0v) is 10.2. The Kier molecular flexibility index (Phi) is 3.10. The van der Waals surface area contributed by atoms with Crippen LogP contribution in [0.2, 0.25) is 0 Å². The second-order valence-electron chi connectivity index (χ2n) is 4.30. The van der Waals surface area contributed by atoms with Crippen LogP contribution in [0.4, 0.5) is 5.82 Å². The fourth-order valence-corrected chi connectivity index (χ4v) is 2.06. The molecule has 1 aliphatic carbocycles. The van der Waals surface area contributed by atoms with Gasteiger partial charge in [0, 0.05) is 25.4 Å². The van der Waals surface area contributed by atoms with Gasteiger partial charge in [0.05, 0.1) is 0 Å². The minimum absolute atomic E-state index is 0.226. The number of hydrogen-bond acceptors (Lipinski definition) is 4. The van der Waals surface area contributed by atoms with Crippen molar-refractivity contribution in [2.24, 2.45) is 0 Å². The van der Waals surface area contributed by atoms with E-state index in [0.717, 1.165) is 36.7 Å². The van der Waals surface area contributed by atoms with E-state index in [-0.39, 0.29) is 5.60 Å². The molecule has 4 nitrogen and oxygen atoms in total. The van der Waals surface area contributed by atoms with Gasteiger partial charge in [-0.1, -0.05) is 0 Å². The highest BCUT2D eigenvalue weighted by molar-refractivity contribution is 5.36. The molecular weight excluding hydrogens is 202 g/mol. The molecule has 1 aromatic rings. The lowest BCUT2D eigenvalue weighted by molar-refractivity contribution is -0.0846. The molecule has 1 fully saturated rings. The first kappa shape index (κ1) is 11.3. The topological polar surface area (TPSA) is 47.0 Å². The first-order valence-corrected chi connectivity index (χ1v) is 5.85. The second-order valence-corrected chi connectivity index (χ2v) is 4.30. The number of methoxy groups -OCH3 is 1. The smallest absolute Gasteiger partial charge is 0.162 e. The summed E-state index contributed by atoms with van der Waals surface area (Å²) >= 11 is 0. The number of anilines is 1. The molecular formula is C12H19N3O.